The second kappa shape index (κ2) is 7.43. The summed E-state index contributed by atoms with van der Waals surface area (Å²) in [5.74, 6) is -0.266. The Kier molecular flexibility index (Phi) is 5.24. The number of sulfonamides is 1. The van der Waals surface area contributed by atoms with Crippen LogP contribution in [0.5, 0.6) is 5.75 Å². The zero-order chi connectivity index (χ0) is 18.7. The molecule has 0 bridgehead atoms. The minimum Gasteiger partial charge on any atom is -0.490 e. The maximum absolute atomic E-state index is 13.1. The van der Waals surface area contributed by atoms with Crippen molar-refractivity contribution in [1.29, 1.82) is 0 Å². The fourth-order valence-electron chi connectivity index (χ4n) is 2.79. The van der Waals surface area contributed by atoms with Crippen LogP contribution in [0.15, 0.2) is 53.4 Å². The third-order valence-electron chi connectivity index (χ3n) is 4.15. The van der Waals surface area contributed by atoms with Crippen LogP contribution in [0.25, 0.3) is 0 Å². The molecular weight excluding hydrogens is 359 g/mol. The number of halogens is 1. The summed E-state index contributed by atoms with van der Waals surface area (Å²) in [7, 11) is -3.89. The van der Waals surface area contributed by atoms with Crippen molar-refractivity contribution in [1.82, 2.24) is 4.31 Å². The number of para-hydroxylation sites is 2. The molecule has 0 aromatic heterocycles. The van der Waals surface area contributed by atoms with E-state index < -0.39 is 15.8 Å². The summed E-state index contributed by atoms with van der Waals surface area (Å²) in [6.45, 7) is 2.17. The molecule has 0 spiro atoms. The Bertz CT molecular complexity index is 900. The molecule has 0 unspecified atom stereocenters. The van der Waals surface area contributed by atoms with Crippen LogP contribution in [0.2, 0.25) is 0 Å². The molecule has 0 radical (unpaired) electrons. The number of anilines is 1. The molecule has 0 atom stereocenters. The molecule has 1 aliphatic heterocycles. The van der Waals surface area contributed by atoms with Crippen molar-refractivity contribution in [2.45, 2.75) is 11.8 Å². The van der Waals surface area contributed by atoms with Crippen molar-refractivity contribution < 1.29 is 22.3 Å². The number of ether oxygens (including phenoxy) is 1. The molecule has 0 N–H and O–H groups in total. The number of hydrogen-bond acceptors (Lipinski definition) is 4. The van der Waals surface area contributed by atoms with Gasteiger partial charge in [-0.3, -0.25) is 4.79 Å². The Morgan fingerprint density at radius 1 is 1.19 bits per heavy atom. The van der Waals surface area contributed by atoms with Gasteiger partial charge in [-0.15, -0.1) is 0 Å². The van der Waals surface area contributed by atoms with E-state index in [1.807, 2.05) is 6.07 Å². The van der Waals surface area contributed by atoms with E-state index in [1.54, 1.807) is 25.1 Å². The van der Waals surface area contributed by atoms with Crippen molar-refractivity contribution in [3.63, 3.8) is 0 Å². The maximum Gasteiger partial charge on any atom is 0.243 e. The van der Waals surface area contributed by atoms with Gasteiger partial charge in [-0.05, 0) is 36.4 Å². The SMILES string of the molecule is CCN(CC(=O)N1CCOc2ccccc21)S(=O)(=O)c1ccc(F)cc1. The molecule has 2 aromatic rings. The zero-order valence-corrected chi connectivity index (χ0v) is 15.1. The molecule has 1 heterocycles. The van der Waals surface area contributed by atoms with Gasteiger partial charge in [-0.2, -0.15) is 4.31 Å². The van der Waals surface area contributed by atoms with Crippen molar-refractivity contribution in [3.05, 3.63) is 54.3 Å². The average Bonchev–Trinajstić information content (AvgIpc) is 2.65. The Labute approximate surface area is 151 Å². The monoisotopic (exact) mass is 378 g/mol. The van der Waals surface area contributed by atoms with Gasteiger partial charge in [-0.1, -0.05) is 19.1 Å². The number of fused-ring (bicyclic) bond motifs is 1. The molecule has 2 aromatic carbocycles. The van der Waals surface area contributed by atoms with Crippen LogP contribution in [-0.4, -0.2) is 44.9 Å². The van der Waals surface area contributed by atoms with Gasteiger partial charge >= 0.3 is 0 Å². The van der Waals surface area contributed by atoms with E-state index in [9.17, 15) is 17.6 Å². The number of hydrogen-bond donors (Lipinski definition) is 0. The Balaban J connectivity index is 1.82. The third-order valence-corrected chi connectivity index (χ3v) is 6.08. The number of amides is 1. The first-order chi connectivity index (χ1) is 12.4. The van der Waals surface area contributed by atoms with E-state index in [1.165, 1.54) is 17.0 Å². The van der Waals surface area contributed by atoms with Gasteiger partial charge in [0, 0.05) is 6.54 Å². The van der Waals surface area contributed by atoms with E-state index in [2.05, 4.69) is 0 Å². The summed E-state index contributed by atoms with van der Waals surface area (Å²) in [6, 6.07) is 11.7. The molecular formula is C18H19FN2O4S. The Morgan fingerprint density at radius 2 is 1.88 bits per heavy atom. The predicted octanol–water partition coefficient (Wildman–Crippen LogP) is 2.26. The largest absolute Gasteiger partial charge is 0.490 e. The fourth-order valence-corrected chi connectivity index (χ4v) is 4.19. The van der Waals surface area contributed by atoms with Gasteiger partial charge in [0.1, 0.15) is 18.2 Å². The topological polar surface area (TPSA) is 66.9 Å². The Hall–Kier alpha value is -2.45. The minimum atomic E-state index is -3.89. The highest BCUT2D eigenvalue weighted by Gasteiger charge is 2.29. The van der Waals surface area contributed by atoms with E-state index >= 15 is 0 Å². The smallest absolute Gasteiger partial charge is 0.243 e. The van der Waals surface area contributed by atoms with Gasteiger partial charge in [0.15, 0.2) is 0 Å². The summed E-state index contributed by atoms with van der Waals surface area (Å²) in [5, 5.41) is 0. The van der Waals surface area contributed by atoms with E-state index in [-0.39, 0.29) is 23.9 Å². The normalized spacial score (nSPS) is 14.0. The molecule has 0 saturated carbocycles. The first-order valence-corrected chi connectivity index (χ1v) is 9.65. The van der Waals surface area contributed by atoms with Gasteiger partial charge in [0.25, 0.3) is 0 Å². The first-order valence-electron chi connectivity index (χ1n) is 8.21. The number of likely N-dealkylation sites (N-methyl/N-ethyl adjacent to an activating group) is 1. The Morgan fingerprint density at radius 3 is 2.58 bits per heavy atom. The second-order valence-corrected chi connectivity index (χ2v) is 7.68. The van der Waals surface area contributed by atoms with Crippen LogP contribution in [-0.2, 0) is 14.8 Å². The number of nitrogens with zero attached hydrogens (tertiary/aromatic N) is 2. The average molecular weight is 378 g/mol. The van der Waals surface area contributed by atoms with Crippen LogP contribution in [0.3, 0.4) is 0 Å². The number of carbonyl (C=O) groups excluding carboxylic acids is 1. The lowest BCUT2D eigenvalue weighted by atomic mass is 10.2. The van der Waals surface area contributed by atoms with E-state index in [4.69, 9.17) is 4.74 Å². The highest BCUT2D eigenvalue weighted by atomic mass is 32.2. The minimum absolute atomic E-state index is 0.0454. The van der Waals surface area contributed by atoms with Crippen LogP contribution >= 0.6 is 0 Å². The molecule has 138 valence electrons. The molecule has 8 heteroatoms. The first kappa shape index (κ1) is 18.3. The summed E-state index contributed by atoms with van der Waals surface area (Å²) >= 11 is 0. The molecule has 0 aliphatic carbocycles. The lowest BCUT2D eigenvalue weighted by Crippen LogP contribution is -2.45. The third kappa shape index (κ3) is 3.56. The summed E-state index contributed by atoms with van der Waals surface area (Å²) in [6.07, 6.45) is 0. The van der Waals surface area contributed by atoms with Gasteiger partial charge < -0.3 is 9.64 Å². The fraction of sp³-hybridized carbons (Fsp3) is 0.278. The van der Waals surface area contributed by atoms with E-state index in [0.717, 1.165) is 16.4 Å². The van der Waals surface area contributed by atoms with Crippen molar-refractivity contribution in [2.24, 2.45) is 0 Å². The molecule has 1 aliphatic rings. The van der Waals surface area contributed by atoms with E-state index in [0.29, 0.717) is 24.6 Å². The van der Waals surface area contributed by atoms with Gasteiger partial charge in [0.2, 0.25) is 15.9 Å². The van der Waals surface area contributed by atoms with Crippen LogP contribution in [0.1, 0.15) is 6.92 Å². The van der Waals surface area contributed by atoms with Crippen LogP contribution in [0.4, 0.5) is 10.1 Å². The quantitative estimate of drug-likeness (QED) is 0.801. The van der Waals surface area contributed by atoms with Crippen molar-refractivity contribution >= 4 is 21.6 Å². The highest BCUT2D eigenvalue weighted by molar-refractivity contribution is 7.89. The molecule has 3 rings (SSSR count). The molecule has 26 heavy (non-hydrogen) atoms. The highest BCUT2D eigenvalue weighted by Crippen LogP contribution is 2.31. The van der Waals surface area contributed by atoms with Crippen LogP contribution < -0.4 is 9.64 Å². The van der Waals surface area contributed by atoms with Crippen LogP contribution in [0, 0.1) is 5.82 Å². The standard InChI is InChI=1S/C18H19FN2O4S/c1-2-20(26(23,24)15-9-7-14(19)8-10-15)13-18(22)21-11-12-25-17-6-4-3-5-16(17)21/h3-10H,2,11-13H2,1H3. The predicted molar refractivity (Wildman–Crippen MR) is 95.1 cm³/mol. The summed E-state index contributed by atoms with van der Waals surface area (Å²) in [5.41, 5.74) is 0.624. The molecule has 6 nitrogen and oxygen atoms in total. The zero-order valence-electron chi connectivity index (χ0n) is 14.3. The number of carbonyl (C=O) groups is 1. The molecule has 0 fully saturated rings. The van der Waals surface area contributed by atoms with Gasteiger partial charge in [0.05, 0.1) is 23.7 Å². The molecule has 0 saturated heterocycles. The molecule has 1 amide bonds. The lowest BCUT2D eigenvalue weighted by molar-refractivity contribution is -0.119. The number of benzene rings is 2. The van der Waals surface area contributed by atoms with Gasteiger partial charge in [-0.25, -0.2) is 12.8 Å². The lowest BCUT2D eigenvalue weighted by Gasteiger charge is -2.31. The summed E-state index contributed by atoms with van der Waals surface area (Å²) in [4.78, 5) is 14.3. The summed E-state index contributed by atoms with van der Waals surface area (Å²) < 4.78 is 45.2. The second-order valence-electron chi connectivity index (χ2n) is 5.75. The van der Waals surface area contributed by atoms with Crippen molar-refractivity contribution in [3.8, 4) is 5.75 Å². The number of rotatable bonds is 5. The van der Waals surface area contributed by atoms with Crippen molar-refractivity contribution in [2.75, 3.05) is 31.1 Å². The maximum atomic E-state index is 13.1.